The number of amides is 2. The van der Waals surface area contributed by atoms with Crippen molar-refractivity contribution in [2.24, 2.45) is 11.7 Å². The van der Waals surface area contributed by atoms with Gasteiger partial charge in [-0.25, -0.2) is 4.79 Å². The first-order chi connectivity index (χ1) is 10.1. The molecule has 0 spiro atoms. The molecule has 0 aromatic heterocycles. The summed E-state index contributed by atoms with van der Waals surface area (Å²) >= 11 is 0. The molecule has 0 aliphatic heterocycles. The van der Waals surface area contributed by atoms with Gasteiger partial charge in [-0.05, 0) is 43.4 Å². The van der Waals surface area contributed by atoms with Crippen molar-refractivity contribution in [2.75, 3.05) is 32.1 Å². The highest BCUT2D eigenvalue weighted by Crippen LogP contribution is 2.28. The maximum Gasteiger partial charge on any atom is 0.321 e. The maximum absolute atomic E-state index is 12.0. The van der Waals surface area contributed by atoms with Gasteiger partial charge in [-0.2, -0.15) is 0 Å². The molecule has 1 fully saturated rings. The zero-order valence-electron chi connectivity index (χ0n) is 12.8. The predicted molar refractivity (Wildman–Crippen MR) is 84.2 cm³/mol. The lowest BCUT2D eigenvalue weighted by molar-refractivity contribution is 0.109. The number of nitrogens with zero attached hydrogens (tertiary/aromatic N) is 1. The minimum Gasteiger partial charge on any atom is -0.379 e. The molecule has 3 N–H and O–H groups in total. The van der Waals surface area contributed by atoms with Crippen LogP contribution in [0.25, 0.3) is 0 Å². The number of rotatable bonds is 7. The van der Waals surface area contributed by atoms with Gasteiger partial charge in [-0.15, -0.1) is 0 Å². The average molecular weight is 291 g/mol. The summed E-state index contributed by atoms with van der Waals surface area (Å²) in [5, 5.41) is 2.86. The number of hydrogen-bond donors (Lipinski definition) is 2. The van der Waals surface area contributed by atoms with Crippen LogP contribution in [0.4, 0.5) is 10.5 Å². The Bertz CT molecular complexity index is 455. The van der Waals surface area contributed by atoms with Crippen LogP contribution in [0.3, 0.4) is 0 Å². The van der Waals surface area contributed by atoms with Crippen LogP contribution < -0.4 is 11.1 Å². The first-order valence-corrected chi connectivity index (χ1v) is 7.51. The van der Waals surface area contributed by atoms with Crippen LogP contribution in [0, 0.1) is 5.92 Å². The second-order valence-corrected chi connectivity index (χ2v) is 5.78. The van der Waals surface area contributed by atoms with Crippen molar-refractivity contribution in [1.29, 1.82) is 0 Å². The third-order valence-corrected chi connectivity index (χ3v) is 3.66. The first-order valence-electron chi connectivity index (χ1n) is 7.51. The summed E-state index contributed by atoms with van der Waals surface area (Å²) in [5.74, 6) is 0.757. The topological polar surface area (TPSA) is 67.6 Å². The van der Waals surface area contributed by atoms with Crippen LogP contribution in [0.1, 0.15) is 31.4 Å². The number of likely N-dealkylation sites (N-methyl/N-ethyl adjacent to an activating group) is 1. The second-order valence-electron chi connectivity index (χ2n) is 5.78. The molecule has 1 aliphatic carbocycles. The third kappa shape index (κ3) is 5.36. The van der Waals surface area contributed by atoms with Crippen LogP contribution in [0.15, 0.2) is 24.3 Å². The summed E-state index contributed by atoms with van der Waals surface area (Å²) in [6.07, 6.45) is 2.57. The highest BCUT2D eigenvalue weighted by atomic mass is 16.5. The van der Waals surface area contributed by atoms with Crippen molar-refractivity contribution >= 4 is 11.7 Å². The Kier molecular flexibility index (Phi) is 5.59. The Balaban J connectivity index is 1.71. The lowest BCUT2D eigenvalue weighted by atomic mass is 10.1. The van der Waals surface area contributed by atoms with E-state index in [1.165, 1.54) is 12.8 Å². The number of ether oxygens (including phenoxy) is 1. The molecule has 5 heteroatoms. The van der Waals surface area contributed by atoms with Crippen LogP contribution in [-0.2, 0) is 4.74 Å². The molecule has 21 heavy (non-hydrogen) atoms. The molecule has 1 atom stereocenters. The molecule has 0 heterocycles. The minimum atomic E-state index is -0.126. The van der Waals surface area contributed by atoms with Crippen molar-refractivity contribution in [3.63, 3.8) is 0 Å². The summed E-state index contributed by atoms with van der Waals surface area (Å²) < 4.78 is 5.54. The molecular formula is C16H25N3O2. The number of anilines is 1. The van der Waals surface area contributed by atoms with Gasteiger partial charge in [-0.3, -0.25) is 0 Å². The van der Waals surface area contributed by atoms with E-state index in [1.54, 1.807) is 11.9 Å². The van der Waals surface area contributed by atoms with E-state index in [2.05, 4.69) is 5.32 Å². The third-order valence-electron chi connectivity index (χ3n) is 3.66. The molecular weight excluding hydrogens is 266 g/mol. The number of urea groups is 1. The maximum atomic E-state index is 12.0. The number of nitrogens with one attached hydrogen (secondary N) is 1. The Hall–Kier alpha value is -1.59. The van der Waals surface area contributed by atoms with E-state index in [-0.39, 0.29) is 12.1 Å². The normalized spacial score (nSPS) is 15.6. The molecule has 0 bridgehead atoms. The molecule has 0 saturated heterocycles. The van der Waals surface area contributed by atoms with Crippen molar-refractivity contribution in [2.45, 2.75) is 25.8 Å². The van der Waals surface area contributed by atoms with Gasteiger partial charge in [-0.1, -0.05) is 12.1 Å². The Morgan fingerprint density at radius 2 is 2.10 bits per heavy atom. The van der Waals surface area contributed by atoms with E-state index in [0.717, 1.165) is 23.8 Å². The highest BCUT2D eigenvalue weighted by Gasteiger charge is 2.21. The molecule has 0 radical (unpaired) electrons. The molecule has 1 aromatic carbocycles. The molecule has 2 rings (SSSR count). The summed E-state index contributed by atoms with van der Waals surface area (Å²) in [6, 6.07) is 7.47. The van der Waals surface area contributed by atoms with Crippen LogP contribution in [0.2, 0.25) is 0 Å². The van der Waals surface area contributed by atoms with Gasteiger partial charge < -0.3 is 20.7 Å². The average Bonchev–Trinajstić information content (AvgIpc) is 3.28. The molecule has 5 nitrogen and oxygen atoms in total. The van der Waals surface area contributed by atoms with E-state index >= 15 is 0 Å². The predicted octanol–water partition coefficient (Wildman–Crippen LogP) is 2.60. The molecule has 116 valence electrons. The lowest BCUT2D eigenvalue weighted by Crippen LogP contribution is -2.34. The molecule has 1 saturated carbocycles. The van der Waals surface area contributed by atoms with Gasteiger partial charge >= 0.3 is 6.03 Å². The fourth-order valence-corrected chi connectivity index (χ4v) is 1.93. The van der Waals surface area contributed by atoms with E-state index < -0.39 is 0 Å². The summed E-state index contributed by atoms with van der Waals surface area (Å²) in [6.45, 7) is 3.94. The van der Waals surface area contributed by atoms with Gasteiger partial charge in [0.25, 0.3) is 0 Å². The van der Waals surface area contributed by atoms with E-state index in [1.807, 2.05) is 31.2 Å². The van der Waals surface area contributed by atoms with Crippen molar-refractivity contribution < 1.29 is 9.53 Å². The lowest BCUT2D eigenvalue weighted by Gasteiger charge is -2.18. The molecule has 1 aliphatic rings. The SMILES string of the molecule is CC(N)c1ccc(NC(=O)N(C)CCOCC2CC2)cc1. The fraction of sp³-hybridized carbons (Fsp3) is 0.562. The zero-order chi connectivity index (χ0) is 15.2. The van der Waals surface area contributed by atoms with Crippen molar-refractivity contribution in [3.8, 4) is 0 Å². The largest absolute Gasteiger partial charge is 0.379 e. The minimum absolute atomic E-state index is 0.000964. The van der Waals surface area contributed by atoms with Gasteiger partial charge in [0, 0.05) is 31.9 Å². The fourth-order valence-electron chi connectivity index (χ4n) is 1.93. The van der Waals surface area contributed by atoms with Gasteiger partial charge in [0.2, 0.25) is 0 Å². The first kappa shape index (κ1) is 15.8. The smallest absolute Gasteiger partial charge is 0.321 e. The monoisotopic (exact) mass is 291 g/mol. The van der Waals surface area contributed by atoms with E-state index in [4.69, 9.17) is 10.5 Å². The van der Waals surface area contributed by atoms with E-state index in [9.17, 15) is 4.79 Å². The quantitative estimate of drug-likeness (QED) is 0.759. The van der Waals surface area contributed by atoms with Crippen molar-refractivity contribution in [3.05, 3.63) is 29.8 Å². The second kappa shape index (κ2) is 7.43. The van der Waals surface area contributed by atoms with Gasteiger partial charge in [0.05, 0.1) is 6.61 Å². The Morgan fingerprint density at radius 1 is 1.43 bits per heavy atom. The number of benzene rings is 1. The number of carbonyl (C=O) groups excluding carboxylic acids is 1. The Morgan fingerprint density at radius 3 is 2.67 bits per heavy atom. The van der Waals surface area contributed by atoms with Crippen LogP contribution in [0.5, 0.6) is 0 Å². The molecule has 2 amide bonds. The van der Waals surface area contributed by atoms with Gasteiger partial charge in [0.15, 0.2) is 0 Å². The van der Waals surface area contributed by atoms with Crippen LogP contribution in [-0.4, -0.2) is 37.7 Å². The summed E-state index contributed by atoms with van der Waals surface area (Å²) in [4.78, 5) is 13.6. The van der Waals surface area contributed by atoms with E-state index in [0.29, 0.717) is 13.2 Å². The number of carbonyl (C=O) groups is 1. The van der Waals surface area contributed by atoms with Crippen LogP contribution >= 0.6 is 0 Å². The van der Waals surface area contributed by atoms with Crippen molar-refractivity contribution in [1.82, 2.24) is 4.90 Å². The number of nitrogens with two attached hydrogens (primary N) is 1. The molecule has 1 aromatic rings. The highest BCUT2D eigenvalue weighted by molar-refractivity contribution is 5.89. The number of hydrogen-bond acceptors (Lipinski definition) is 3. The summed E-state index contributed by atoms with van der Waals surface area (Å²) in [5.41, 5.74) is 7.62. The van der Waals surface area contributed by atoms with Gasteiger partial charge in [0.1, 0.15) is 0 Å². The summed E-state index contributed by atoms with van der Waals surface area (Å²) in [7, 11) is 1.77. The molecule has 1 unspecified atom stereocenters. The standard InChI is InChI=1S/C16H25N3O2/c1-12(17)14-5-7-15(8-6-14)18-16(20)19(2)9-10-21-11-13-3-4-13/h5-8,12-13H,3-4,9-11,17H2,1-2H3,(H,18,20). The Labute approximate surface area is 126 Å². The zero-order valence-corrected chi connectivity index (χ0v) is 12.8.